The number of rotatable bonds is 7. The molecule has 0 aliphatic carbocycles. The maximum absolute atomic E-state index is 4.95. The molecule has 0 saturated heterocycles. The van der Waals surface area contributed by atoms with Gasteiger partial charge in [-0.25, -0.2) is 0 Å². The van der Waals surface area contributed by atoms with Crippen LogP contribution < -0.4 is 0 Å². The summed E-state index contributed by atoms with van der Waals surface area (Å²) >= 11 is 0. The van der Waals surface area contributed by atoms with Gasteiger partial charge in [0.1, 0.15) is 0 Å². The van der Waals surface area contributed by atoms with E-state index in [0.717, 1.165) is 56.1 Å². The molecule has 0 bridgehead atoms. The van der Waals surface area contributed by atoms with E-state index in [1.165, 1.54) is 21.6 Å². The molecular formula is C38H24N10S2. The first-order chi connectivity index (χ1) is 24.8. The van der Waals surface area contributed by atoms with Gasteiger partial charge in [-0.3, -0.25) is 8.80 Å². The standard InChI is InChI=1S/C38H24N10S2/c1-5-13-25(14-6-1)31-21-29-23-33(27-17-9-3-10-18-27)45-35(47(29)43-31)39-41-37(45)49-50-38-42-40-36-46(38)34(28-19-11-4-12-20-28)24-30-22-32(44-48(30)36)26-15-7-2-8-16-26/h1-24H. The van der Waals surface area contributed by atoms with E-state index in [-0.39, 0.29) is 0 Å². The third-order valence-corrected chi connectivity index (χ3v) is 10.7. The van der Waals surface area contributed by atoms with Gasteiger partial charge in [-0.15, -0.1) is 20.4 Å². The summed E-state index contributed by atoms with van der Waals surface area (Å²) in [6.45, 7) is 0. The summed E-state index contributed by atoms with van der Waals surface area (Å²) < 4.78 is 7.83. The van der Waals surface area contributed by atoms with Crippen molar-refractivity contribution in [1.82, 2.24) is 48.4 Å². The van der Waals surface area contributed by atoms with Gasteiger partial charge in [-0.2, -0.15) is 19.2 Å². The number of benzene rings is 4. The van der Waals surface area contributed by atoms with Crippen molar-refractivity contribution in [2.75, 3.05) is 0 Å². The van der Waals surface area contributed by atoms with Crippen molar-refractivity contribution >= 4 is 44.2 Å². The zero-order chi connectivity index (χ0) is 33.0. The van der Waals surface area contributed by atoms with Crippen LogP contribution in [0.1, 0.15) is 0 Å². The summed E-state index contributed by atoms with van der Waals surface area (Å²) in [4.78, 5) is 0. The van der Waals surface area contributed by atoms with Crippen molar-refractivity contribution in [1.29, 1.82) is 0 Å². The van der Waals surface area contributed by atoms with Crippen LogP contribution in [0.25, 0.3) is 67.6 Å². The molecule has 0 N–H and O–H groups in total. The van der Waals surface area contributed by atoms with Gasteiger partial charge in [0.25, 0.3) is 11.6 Å². The highest BCUT2D eigenvalue weighted by molar-refractivity contribution is 8.76. The molecule has 0 atom stereocenters. The lowest BCUT2D eigenvalue weighted by molar-refractivity contribution is 0.905. The molecule has 0 saturated carbocycles. The molecule has 12 heteroatoms. The Morgan fingerprint density at radius 3 is 1.12 bits per heavy atom. The van der Waals surface area contributed by atoms with Crippen LogP contribution in [0.3, 0.4) is 0 Å². The van der Waals surface area contributed by atoms with Crippen LogP contribution in [-0.2, 0) is 0 Å². The fourth-order valence-electron chi connectivity index (χ4n) is 6.27. The third kappa shape index (κ3) is 4.76. The Hall–Kier alpha value is -6.24. The average molecular weight is 685 g/mol. The first-order valence-corrected chi connectivity index (χ1v) is 18.1. The molecule has 50 heavy (non-hydrogen) atoms. The highest BCUT2D eigenvalue weighted by atomic mass is 33.1. The van der Waals surface area contributed by atoms with E-state index < -0.39 is 0 Å². The second-order valence-electron chi connectivity index (χ2n) is 11.7. The van der Waals surface area contributed by atoms with Crippen LogP contribution in [0, 0.1) is 0 Å². The van der Waals surface area contributed by atoms with Crippen LogP contribution >= 0.6 is 21.6 Å². The molecule has 4 aromatic carbocycles. The first-order valence-electron chi connectivity index (χ1n) is 15.9. The fraction of sp³-hybridized carbons (Fsp3) is 0. The van der Waals surface area contributed by atoms with Gasteiger partial charge in [-0.05, 0) is 57.0 Å². The summed E-state index contributed by atoms with van der Waals surface area (Å²) in [5.41, 5.74) is 9.69. The van der Waals surface area contributed by atoms with Gasteiger partial charge in [0.05, 0.1) is 33.8 Å². The summed E-state index contributed by atoms with van der Waals surface area (Å²) in [6.07, 6.45) is 0. The molecule has 6 aromatic heterocycles. The molecule has 238 valence electrons. The lowest BCUT2D eigenvalue weighted by Crippen LogP contribution is -2.02. The topological polar surface area (TPSA) is 95.0 Å². The number of hydrogen-bond donors (Lipinski definition) is 0. The third-order valence-electron chi connectivity index (χ3n) is 8.61. The fourth-order valence-corrected chi connectivity index (χ4v) is 8.17. The molecule has 0 aliphatic heterocycles. The van der Waals surface area contributed by atoms with Crippen molar-refractivity contribution in [3.05, 3.63) is 146 Å². The summed E-state index contributed by atoms with van der Waals surface area (Å²) in [5.74, 6) is 1.24. The number of fused-ring (bicyclic) bond motifs is 6. The Morgan fingerprint density at radius 1 is 0.380 bits per heavy atom. The molecule has 0 aliphatic rings. The zero-order valence-electron chi connectivity index (χ0n) is 26.1. The van der Waals surface area contributed by atoms with E-state index >= 15 is 0 Å². The predicted molar refractivity (Wildman–Crippen MR) is 197 cm³/mol. The monoisotopic (exact) mass is 684 g/mol. The van der Waals surface area contributed by atoms with Crippen LogP contribution in [0.15, 0.2) is 156 Å². The van der Waals surface area contributed by atoms with E-state index in [0.29, 0.717) is 21.9 Å². The molecule has 0 radical (unpaired) electrons. The van der Waals surface area contributed by atoms with Crippen molar-refractivity contribution in [3.63, 3.8) is 0 Å². The lowest BCUT2D eigenvalue weighted by Gasteiger charge is -2.10. The quantitative estimate of drug-likeness (QED) is 0.154. The first kappa shape index (κ1) is 28.7. The summed E-state index contributed by atoms with van der Waals surface area (Å²) in [6, 6.07) is 49.3. The van der Waals surface area contributed by atoms with Gasteiger partial charge < -0.3 is 0 Å². The number of nitrogens with zero attached hydrogens (tertiary/aromatic N) is 10. The minimum absolute atomic E-state index is 0.620. The predicted octanol–water partition coefficient (Wildman–Crippen LogP) is 8.53. The molecule has 10 nitrogen and oxygen atoms in total. The molecule has 10 rings (SSSR count). The average Bonchev–Trinajstić information content (AvgIpc) is 3.99. The van der Waals surface area contributed by atoms with Crippen LogP contribution in [0.5, 0.6) is 0 Å². The van der Waals surface area contributed by atoms with Gasteiger partial charge in [-0.1, -0.05) is 121 Å². The normalized spacial score (nSPS) is 11.8. The SMILES string of the molecule is c1ccc(-c2cc3cc(-c4ccccc4)n4c(SSc5nnc6n5c(-c5ccccc5)cc5cc(-c7ccccc7)nn56)nnc4n3n2)cc1. The van der Waals surface area contributed by atoms with Gasteiger partial charge >= 0.3 is 0 Å². The highest BCUT2D eigenvalue weighted by Gasteiger charge is 2.22. The Kier molecular flexibility index (Phi) is 6.74. The molecular weight excluding hydrogens is 661 g/mol. The molecule has 0 unspecified atom stereocenters. The lowest BCUT2D eigenvalue weighted by atomic mass is 10.1. The molecule has 0 amide bonds. The smallest absolute Gasteiger partial charge is 0.253 e. The molecule has 0 spiro atoms. The van der Waals surface area contributed by atoms with Crippen molar-refractivity contribution < 1.29 is 0 Å². The molecule has 10 aromatic rings. The van der Waals surface area contributed by atoms with Crippen molar-refractivity contribution in [2.45, 2.75) is 10.3 Å². The second-order valence-corrected chi connectivity index (χ2v) is 13.7. The van der Waals surface area contributed by atoms with Gasteiger partial charge in [0.2, 0.25) is 10.3 Å². The summed E-state index contributed by atoms with van der Waals surface area (Å²) in [7, 11) is 2.95. The van der Waals surface area contributed by atoms with E-state index in [2.05, 4.69) is 102 Å². The van der Waals surface area contributed by atoms with E-state index in [1.54, 1.807) is 0 Å². The van der Waals surface area contributed by atoms with E-state index in [9.17, 15) is 0 Å². The van der Waals surface area contributed by atoms with E-state index in [1.807, 2.05) is 81.8 Å². The maximum atomic E-state index is 4.95. The van der Waals surface area contributed by atoms with Crippen molar-refractivity contribution in [2.24, 2.45) is 0 Å². The minimum Gasteiger partial charge on any atom is -0.253 e. The van der Waals surface area contributed by atoms with Crippen LogP contribution in [0.2, 0.25) is 0 Å². The Labute approximate surface area is 292 Å². The van der Waals surface area contributed by atoms with Gasteiger partial charge in [0.15, 0.2) is 0 Å². The Morgan fingerprint density at radius 2 is 0.740 bits per heavy atom. The Balaban J connectivity index is 1.11. The number of aromatic nitrogens is 10. The number of hydrogen-bond acceptors (Lipinski definition) is 8. The largest absolute Gasteiger partial charge is 0.257 e. The van der Waals surface area contributed by atoms with Crippen LogP contribution in [-0.4, -0.2) is 48.4 Å². The highest BCUT2D eigenvalue weighted by Crippen LogP contribution is 2.39. The zero-order valence-corrected chi connectivity index (χ0v) is 27.8. The van der Waals surface area contributed by atoms with Crippen molar-refractivity contribution in [3.8, 4) is 45.0 Å². The second kappa shape index (κ2) is 11.7. The van der Waals surface area contributed by atoms with Crippen LogP contribution in [0.4, 0.5) is 0 Å². The minimum atomic E-state index is 0.620. The van der Waals surface area contributed by atoms with E-state index in [4.69, 9.17) is 10.2 Å². The summed E-state index contributed by atoms with van der Waals surface area (Å²) in [5, 5.41) is 30.0. The Bertz CT molecular complexity index is 2610. The molecule has 6 heterocycles. The van der Waals surface area contributed by atoms with Gasteiger partial charge in [0, 0.05) is 11.1 Å². The maximum Gasteiger partial charge on any atom is 0.257 e. The molecule has 0 fully saturated rings.